The molecule has 5 heteroatoms. The van der Waals surface area contributed by atoms with Gasteiger partial charge in [0.25, 0.3) is 0 Å². The molecule has 0 fully saturated rings. The van der Waals surface area contributed by atoms with Crippen LogP contribution >= 0.6 is 11.6 Å². The van der Waals surface area contributed by atoms with Gasteiger partial charge >= 0.3 is 5.97 Å². The molecule has 0 amide bonds. The van der Waals surface area contributed by atoms with E-state index in [1.807, 2.05) is 0 Å². The summed E-state index contributed by atoms with van der Waals surface area (Å²) < 4.78 is 23.3. The average Bonchev–Trinajstić information content (AvgIpc) is 2.46. The summed E-state index contributed by atoms with van der Waals surface area (Å²) in [7, 11) is 2.74. The number of carbonyl (C=O) groups is 1. The van der Waals surface area contributed by atoms with Crippen LogP contribution in [0.15, 0.2) is 36.4 Å². The number of halogens is 2. The normalized spacial score (nSPS) is 10.2. The monoisotopic (exact) mass is 294 g/mol. The van der Waals surface area contributed by atoms with Gasteiger partial charge in [0.15, 0.2) is 0 Å². The summed E-state index contributed by atoms with van der Waals surface area (Å²) in [5, 5.41) is 0.459. The van der Waals surface area contributed by atoms with Crippen LogP contribution in [0.4, 0.5) is 4.39 Å². The minimum absolute atomic E-state index is 0.149. The highest BCUT2D eigenvalue weighted by molar-refractivity contribution is 6.32. The highest BCUT2D eigenvalue weighted by Crippen LogP contribution is 2.31. The third kappa shape index (κ3) is 2.91. The Bertz CT molecular complexity index is 656. The van der Waals surface area contributed by atoms with Gasteiger partial charge in [-0.3, -0.25) is 0 Å². The minimum atomic E-state index is -0.591. The fraction of sp³-hybridized carbons (Fsp3) is 0.133. The van der Waals surface area contributed by atoms with E-state index in [0.717, 1.165) is 6.07 Å². The van der Waals surface area contributed by atoms with Crippen LogP contribution in [0.2, 0.25) is 5.02 Å². The molecule has 0 aromatic heterocycles. The largest absolute Gasteiger partial charge is 0.495 e. The number of hydrogen-bond acceptors (Lipinski definition) is 3. The number of rotatable bonds is 3. The molecule has 2 rings (SSSR count). The summed E-state index contributed by atoms with van der Waals surface area (Å²) in [5.74, 6) is -0.628. The van der Waals surface area contributed by atoms with E-state index in [0.29, 0.717) is 21.9 Å². The maximum atomic E-state index is 13.6. The van der Waals surface area contributed by atoms with Gasteiger partial charge in [0.05, 0.1) is 24.8 Å². The predicted molar refractivity (Wildman–Crippen MR) is 74.7 cm³/mol. The zero-order chi connectivity index (χ0) is 14.7. The molecule has 0 spiro atoms. The molecule has 2 aromatic rings. The fourth-order valence-electron chi connectivity index (χ4n) is 1.83. The van der Waals surface area contributed by atoms with E-state index in [1.54, 1.807) is 24.3 Å². The molecule has 2 aromatic carbocycles. The van der Waals surface area contributed by atoms with Crippen LogP contribution in [-0.4, -0.2) is 20.2 Å². The lowest BCUT2D eigenvalue weighted by Gasteiger charge is -2.08. The SMILES string of the molecule is COC(=O)c1cc(F)cc(-c2ccc(Cl)c(OC)c2)c1. The Kier molecular flexibility index (Phi) is 4.25. The number of hydrogen-bond donors (Lipinski definition) is 0. The van der Waals surface area contributed by atoms with Crippen molar-refractivity contribution in [2.45, 2.75) is 0 Å². The Balaban J connectivity index is 2.52. The molecule has 0 saturated carbocycles. The predicted octanol–water partition coefficient (Wildman–Crippen LogP) is 3.94. The number of esters is 1. The van der Waals surface area contributed by atoms with E-state index in [9.17, 15) is 9.18 Å². The van der Waals surface area contributed by atoms with Gasteiger partial charge in [-0.15, -0.1) is 0 Å². The van der Waals surface area contributed by atoms with E-state index in [4.69, 9.17) is 16.3 Å². The molecule has 0 bridgehead atoms. The summed E-state index contributed by atoms with van der Waals surface area (Å²) in [4.78, 5) is 11.5. The van der Waals surface area contributed by atoms with Crippen molar-refractivity contribution in [3.05, 3.63) is 52.8 Å². The topological polar surface area (TPSA) is 35.5 Å². The molecule has 0 heterocycles. The summed E-state index contributed by atoms with van der Waals surface area (Å²) in [6.45, 7) is 0. The Hall–Kier alpha value is -2.07. The molecule has 0 aliphatic rings. The highest BCUT2D eigenvalue weighted by Gasteiger charge is 2.11. The summed E-state index contributed by atoms with van der Waals surface area (Å²) in [5.41, 5.74) is 1.38. The zero-order valence-corrected chi connectivity index (χ0v) is 11.7. The van der Waals surface area contributed by atoms with Crippen LogP contribution in [-0.2, 0) is 4.74 Å². The third-order valence-corrected chi connectivity index (χ3v) is 3.12. The quantitative estimate of drug-likeness (QED) is 0.804. The van der Waals surface area contributed by atoms with Gasteiger partial charge in [-0.1, -0.05) is 17.7 Å². The second-order valence-electron chi connectivity index (χ2n) is 4.07. The second kappa shape index (κ2) is 5.92. The molecule has 0 aliphatic carbocycles. The molecule has 20 heavy (non-hydrogen) atoms. The molecule has 0 saturated heterocycles. The Morgan fingerprint density at radius 1 is 1.10 bits per heavy atom. The summed E-state index contributed by atoms with van der Waals surface area (Å²) >= 11 is 5.95. The summed E-state index contributed by atoms with van der Waals surface area (Å²) in [6.07, 6.45) is 0. The lowest BCUT2D eigenvalue weighted by molar-refractivity contribution is 0.0600. The van der Waals surface area contributed by atoms with Gasteiger partial charge < -0.3 is 9.47 Å². The minimum Gasteiger partial charge on any atom is -0.495 e. The van der Waals surface area contributed by atoms with E-state index >= 15 is 0 Å². The smallest absolute Gasteiger partial charge is 0.337 e. The number of methoxy groups -OCH3 is 2. The van der Waals surface area contributed by atoms with Crippen molar-refractivity contribution in [3.8, 4) is 16.9 Å². The van der Waals surface area contributed by atoms with Crippen molar-refractivity contribution in [2.75, 3.05) is 14.2 Å². The number of carbonyl (C=O) groups excluding carboxylic acids is 1. The van der Waals surface area contributed by atoms with Crippen molar-refractivity contribution in [1.29, 1.82) is 0 Å². The van der Waals surface area contributed by atoms with E-state index in [2.05, 4.69) is 4.74 Å². The Morgan fingerprint density at radius 2 is 1.85 bits per heavy atom. The van der Waals surface area contributed by atoms with Crippen molar-refractivity contribution in [1.82, 2.24) is 0 Å². The standard InChI is InChI=1S/C15H12ClFO3/c1-19-14-8-9(3-4-13(14)16)10-5-11(15(18)20-2)7-12(17)6-10/h3-8H,1-2H3. The first kappa shape index (κ1) is 14.3. The van der Waals surface area contributed by atoms with Crippen LogP contribution in [0.1, 0.15) is 10.4 Å². The second-order valence-corrected chi connectivity index (χ2v) is 4.48. The van der Waals surface area contributed by atoms with Crippen molar-refractivity contribution >= 4 is 17.6 Å². The van der Waals surface area contributed by atoms with E-state index in [1.165, 1.54) is 20.3 Å². The van der Waals surface area contributed by atoms with Crippen LogP contribution in [0.5, 0.6) is 5.75 Å². The summed E-state index contributed by atoms with van der Waals surface area (Å²) in [6, 6.07) is 9.06. The van der Waals surface area contributed by atoms with E-state index < -0.39 is 11.8 Å². The maximum Gasteiger partial charge on any atom is 0.337 e. The molecule has 0 unspecified atom stereocenters. The molecular formula is C15H12ClFO3. The van der Waals surface area contributed by atoms with Gasteiger partial charge in [0.1, 0.15) is 11.6 Å². The van der Waals surface area contributed by atoms with Crippen molar-refractivity contribution < 1.29 is 18.7 Å². The van der Waals surface area contributed by atoms with Crippen LogP contribution in [0.3, 0.4) is 0 Å². The van der Waals surface area contributed by atoms with Gasteiger partial charge in [0, 0.05) is 0 Å². The molecule has 0 atom stereocenters. The van der Waals surface area contributed by atoms with Gasteiger partial charge in [-0.2, -0.15) is 0 Å². The van der Waals surface area contributed by atoms with Crippen LogP contribution in [0, 0.1) is 5.82 Å². The first-order valence-corrected chi connectivity index (χ1v) is 6.15. The van der Waals surface area contributed by atoms with Crippen LogP contribution < -0.4 is 4.74 Å². The molecular weight excluding hydrogens is 283 g/mol. The lowest BCUT2D eigenvalue weighted by Crippen LogP contribution is -2.02. The lowest BCUT2D eigenvalue weighted by atomic mass is 10.0. The molecule has 3 nitrogen and oxygen atoms in total. The first-order valence-electron chi connectivity index (χ1n) is 5.78. The molecule has 104 valence electrons. The molecule has 0 N–H and O–H groups in total. The van der Waals surface area contributed by atoms with Gasteiger partial charge in [0.2, 0.25) is 0 Å². The van der Waals surface area contributed by atoms with Crippen LogP contribution in [0.25, 0.3) is 11.1 Å². The zero-order valence-electron chi connectivity index (χ0n) is 10.9. The number of ether oxygens (including phenoxy) is 2. The number of benzene rings is 2. The Labute approximate surface area is 120 Å². The molecule has 0 aliphatic heterocycles. The third-order valence-electron chi connectivity index (χ3n) is 2.80. The van der Waals surface area contributed by atoms with Crippen molar-refractivity contribution in [2.24, 2.45) is 0 Å². The first-order chi connectivity index (χ1) is 9.55. The molecule has 0 radical (unpaired) electrons. The van der Waals surface area contributed by atoms with Crippen molar-refractivity contribution in [3.63, 3.8) is 0 Å². The average molecular weight is 295 g/mol. The van der Waals surface area contributed by atoms with Gasteiger partial charge in [-0.25, -0.2) is 9.18 Å². The highest BCUT2D eigenvalue weighted by atomic mass is 35.5. The Morgan fingerprint density at radius 3 is 2.50 bits per heavy atom. The fourth-order valence-corrected chi connectivity index (χ4v) is 2.03. The maximum absolute atomic E-state index is 13.6. The van der Waals surface area contributed by atoms with Gasteiger partial charge in [-0.05, 0) is 41.5 Å². The van der Waals surface area contributed by atoms with E-state index in [-0.39, 0.29) is 5.56 Å².